The van der Waals surface area contributed by atoms with E-state index < -0.39 is 0 Å². The second kappa shape index (κ2) is 6.05. The molecule has 1 aromatic rings. The Bertz CT molecular complexity index is 397. The van der Waals surface area contributed by atoms with Gasteiger partial charge in [-0.05, 0) is 38.4 Å². The van der Waals surface area contributed by atoms with Crippen molar-refractivity contribution < 1.29 is 9.13 Å². The number of hydrogen-bond donors (Lipinski definition) is 1. The fraction of sp³-hybridized carbons (Fsp3) is 0.571. The van der Waals surface area contributed by atoms with Gasteiger partial charge in [0, 0.05) is 25.2 Å². The van der Waals surface area contributed by atoms with E-state index in [1.165, 1.54) is 6.07 Å². The number of halogens is 1. The van der Waals surface area contributed by atoms with Gasteiger partial charge in [0.1, 0.15) is 11.6 Å². The SMILES string of the molecule is COc1ccc(F)c(N2CCCNC(C)CC2)c1. The molecule has 1 aliphatic heterocycles. The quantitative estimate of drug-likeness (QED) is 0.875. The minimum Gasteiger partial charge on any atom is -0.497 e. The molecule has 18 heavy (non-hydrogen) atoms. The maximum atomic E-state index is 13.9. The second-order valence-corrected chi connectivity index (χ2v) is 4.80. The molecule has 3 nitrogen and oxygen atoms in total. The van der Waals surface area contributed by atoms with E-state index in [1.54, 1.807) is 19.2 Å². The number of ether oxygens (including phenoxy) is 1. The van der Waals surface area contributed by atoms with Gasteiger partial charge in [0.25, 0.3) is 0 Å². The number of rotatable bonds is 2. The predicted molar refractivity (Wildman–Crippen MR) is 71.9 cm³/mol. The molecule has 0 spiro atoms. The molecule has 0 radical (unpaired) electrons. The van der Waals surface area contributed by atoms with Gasteiger partial charge in [-0.1, -0.05) is 0 Å². The van der Waals surface area contributed by atoms with E-state index in [9.17, 15) is 4.39 Å². The highest BCUT2D eigenvalue weighted by molar-refractivity contribution is 5.52. The minimum atomic E-state index is -0.169. The average molecular weight is 252 g/mol. The molecular formula is C14H21FN2O. The third kappa shape index (κ3) is 3.13. The number of anilines is 1. The van der Waals surface area contributed by atoms with Gasteiger partial charge in [0.15, 0.2) is 0 Å². The Hall–Kier alpha value is -1.29. The lowest BCUT2D eigenvalue weighted by Gasteiger charge is -2.30. The Labute approximate surface area is 108 Å². The summed E-state index contributed by atoms with van der Waals surface area (Å²) in [5.74, 6) is 0.539. The van der Waals surface area contributed by atoms with Crippen LogP contribution in [0.5, 0.6) is 5.75 Å². The van der Waals surface area contributed by atoms with Crippen molar-refractivity contribution in [2.75, 3.05) is 31.6 Å². The maximum absolute atomic E-state index is 13.9. The van der Waals surface area contributed by atoms with E-state index >= 15 is 0 Å². The van der Waals surface area contributed by atoms with Crippen LogP contribution in [0.15, 0.2) is 18.2 Å². The lowest BCUT2D eigenvalue weighted by molar-refractivity contribution is 0.413. The normalized spacial score (nSPS) is 21.3. The van der Waals surface area contributed by atoms with Crippen LogP contribution >= 0.6 is 0 Å². The number of methoxy groups -OCH3 is 1. The summed E-state index contributed by atoms with van der Waals surface area (Å²) in [6.45, 7) is 4.91. The van der Waals surface area contributed by atoms with Crippen LogP contribution in [0.2, 0.25) is 0 Å². The van der Waals surface area contributed by atoms with Crippen molar-refractivity contribution in [3.05, 3.63) is 24.0 Å². The first-order chi connectivity index (χ1) is 8.70. The first kappa shape index (κ1) is 13.1. The summed E-state index contributed by atoms with van der Waals surface area (Å²) in [6, 6.07) is 5.41. The molecule has 1 aromatic carbocycles. The van der Waals surface area contributed by atoms with E-state index in [1.807, 2.05) is 0 Å². The molecule has 1 heterocycles. The summed E-state index contributed by atoms with van der Waals surface area (Å²) in [5.41, 5.74) is 0.656. The van der Waals surface area contributed by atoms with Crippen molar-refractivity contribution in [2.24, 2.45) is 0 Å². The van der Waals surface area contributed by atoms with Crippen LogP contribution in [-0.4, -0.2) is 32.8 Å². The first-order valence-electron chi connectivity index (χ1n) is 6.52. The van der Waals surface area contributed by atoms with Crippen LogP contribution in [0.3, 0.4) is 0 Å². The third-order valence-electron chi connectivity index (χ3n) is 3.42. The van der Waals surface area contributed by atoms with Crippen molar-refractivity contribution in [3.63, 3.8) is 0 Å². The molecular weight excluding hydrogens is 231 g/mol. The Kier molecular flexibility index (Phi) is 4.42. The molecule has 1 unspecified atom stereocenters. The molecule has 1 aliphatic rings. The number of benzene rings is 1. The molecule has 2 rings (SSSR count). The average Bonchev–Trinajstić information content (AvgIpc) is 2.36. The van der Waals surface area contributed by atoms with Crippen LogP contribution in [0.4, 0.5) is 10.1 Å². The molecule has 1 atom stereocenters. The predicted octanol–water partition coefficient (Wildman–Crippen LogP) is 2.41. The van der Waals surface area contributed by atoms with Crippen LogP contribution in [0, 0.1) is 5.82 Å². The summed E-state index contributed by atoms with van der Waals surface area (Å²) in [5, 5.41) is 3.45. The van der Waals surface area contributed by atoms with E-state index in [0.29, 0.717) is 17.5 Å². The van der Waals surface area contributed by atoms with Gasteiger partial charge in [-0.15, -0.1) is 0 Å². The van der Waals surface area contributed by atoms with Gasteiger partial charge in [-0.25, -0.2) is 4.39 Å². The molecule has 0 bridgehead atoms. The van der Waals surface area contributed by atoms with Gasteiger partial charge in [-0.3, -0.25) is 0 Å². The first-order valence-corrected chi connectivity index (χ1v) is 6.52. The molecule has 1 saturated heterocycles. The smallest absolute Gasteiger partial charge is 0.146 e. The summed E-state index contributed by atoms with van der Waals surface area (Å²) < 4.78 is 19.1. The molecule has 0 saturated carbocycles. The van der Waals surface area contributed by atoms with Crippen LogP contribution in [0.1, 0.15) is 19.8 Å². The van der Waals surface area contributed by atoms with E-state index in [4.69, 9.17) is 4.74 Å². The van der Waals surface area contributed by atoms with Gasteiger partial charge in [0.05, 0.1) is 12.8 Å². The molecule has 0 aliphatic carbocycles. The fourth-order valence-corrected chi connectivity index (χ4v) is 2.28. The van der Waals surface area contributed by atoms with Gasteiger partial charge >= 0.3 is 0 Å². The summed E-state index contributed by atoms with van der Waals surface area (Å²) in [4.78, 5) is 2.12. The van der Waals surface area contributed by atoms with Crippen molar-refractivity contribution in [1.29, 1.82) is 0 Å². The van der Waals surface area contributed by atoms with E-state index in [-0.39, 0.29) is 5.82 Å². The summed E-state index contributed by atoms with van der Waals surface area (Å²) in [6.07, 6.45) is 2.05. The molecule has 1 fully saturated rings. The number of nitrogens with zero attached hydrogens (tertiary/aromatic N) is 1. The monoisotopic (exact) mass is 252 g/mol. The zero-order valence-electron chi connectivity index (χ0n) is 11.1. The van der Waals surface area contributed by atoms with Gasteiger partial charge in [0.2, 0.25) is 0 Å². The van der Waals surface area contributed by atoms with Crippen molar-refractivity contribution >= 4 is 5.69 Å². The third-order valence-corrected chi connectivity index (χ3v) is 3.42. The summed E-state index contributed by atoms with van der Waals surface area (Å²) >= 11 is 0. The zero-order chi connectivity index (χ0) is 13.0. The van der Waals surface area contributed by atoms with E-state index in [0.717, 1.165) is 32.5 Å². The van der Waals surface area contributed by atoms with Crippen molar-refractivity contribution in [3.8, 4) is 5.75 Å². The highest BCUT2D eigenvalue weighted by Crippen LogP contribution is 2.25. The Morgan fingerprint density at radius 3 is 3.00 bits per heavy atom. The molecule has 100 valence electrons. The fourth-order valence-electron chi connectivity index (χ4n) is 2.28. The second-order valence-electron chi connectivity index (χ2n) is 4.80. The van der Waals surface area contributed by atoms with E-state index in [2.05, 4.69) is 17.1 Å². The summed E-state index contributed by atoms with van der Waals surface area (Å²) in [7, 11) is 1.61. The Morgan fingerprint density at radius 1 is 1.39 bits per heavy atom. The maximum Gasteiger partial charge on any atom is 0.146 e. The molecule has 1 N–H and O–H groups in total. The molecule has 0 aromatic heterocycles. The minimum absolute atomic E-state index is 0.169. The Balaban J connectivity index is 2.17. The van der Waals surface area contributed by atoms with Gasteiger partial charge in [-0.2, -0.15) is 0 Å². The Morgan fingerprint density at radius 2 is 2.22 bits per heavy atom. The van der Waals surface area contributed by atoms with Crippen molar-refractivity contribution in [1.82, 2.24) is 5.32 Å². The topological polar surface area (TPSA) is 24.5 Å². The lowest BCUT2D eigenvalue weighted by Crippen LogP contribution is -2.38. The van der Waals surface area contributed by atoms with Crippen LogP contribution < -0.4 is 15.0 Å². The number of hydrogen-bond acceptors (Lipinski definition) is 3. The molecule has 4 heteroatoms. The van der Waals surface area contributed by atoms with Crippen LogP contribution in [-0.2, 0) is 0 Å². The van der Waals surface area contributed by atoms with Crippen LogP contribution in [0.25, 0.3) is 0 Å². The standard InChI is InChI=1S/C14H21FN2O/c1-11-6-9-17(8-3-7-16-11)14-10-12(18-2)4-5-13(14)15/h4-5,10-11,16H,3,6-9H2,1-2H3. The van der Waals surface area contributed by atoms with Crippen molar-refractivity contribution in [2.45, 2.75) is 25.8 Å². The largest absolute Gasteiger partial charge is 0.497 e. The lowest BCUT2D eigenvalue weighted by atomic mass is 10.1. The highest BCUT2D eigenvalue weighted by Gasteiger charge is 2.16. The van der Waals surface area contributed by atoms with Gasteiger partial charge < -0.3 is 15.0 Å². The highest BCUT2D eigenvalue weighted by atomic mass is 19.1. The number of nitrogens with one attached hydrogen (secondary N) is 1. The zero-order valence-corrected chi connectivity index (χ0v) is 11.1. The molecule has 0 amide bonds.